The number of benzene rings is 3. The maximum Gasteiger partial charge on any atom is 0.261 e. The summed E-state index contributed by atoms with van der Waals surface area (Å²) in [6.07, 6.45) is 6.33. The Morgan fingerprint density at radius 2 is 1.56 bits per heavy atom. The molecule has 0 radical (unpaired) electrons. The fourth-order valence-corrected chi connectivity index (χ4v) is 14.0. The number of imide groups is 1. The van der Waals surface area contributed by atoms with Gasteiger partial charge in [-0.3, -0.25) is 19.5 Å². The summed E-state index contributed by atoms with van der Waals surface area (Å²) in [6, 6.07) is 31.2. The molecule has 1 aliphatic carbocycles. The quantitative estimate of drug-likeness (QED) is 0.0896. The van der Waals surface area contributed by atoms with Gasteiger partial charge in [0.25, 0.3) is 8.32 Å². The van der Waals surface area contributed by atoms with Gasteiger partial charge in [0.2, 0.25) is 11.8 Å². The van der Waals surface area contributed by atoms with E-state index in [-0.39, 0.29) is 28.9 Å². The third kappa shape index (κ3) is 7.28. The van der Waals surface area contributed by atoms with Gasteiger partial charge in [0, 0.05) is 18.7 Å². The molecule has 55 heavy (non-hydrogen) atoms. The predicted octanol–water partition coefficient (Wildman–Crippen LogP) is 8.03. The molecule has 7 nitrogen and oxygen atoms in total. The summed E-state index contributed by atoms with van der Waals surface area (Å²) in [5, 5.41) is 12.7. The molecule has 4 atom stereocenters. The number of likely N-dealkylation sites (tertiary alicyclic amines) is 1. The summed E-state index contributed by atoms with van der Waals surface area (Å²) in [4.78, 5) is 34.2. The summed E-state index contributed by atoms with van der Waals surface area (Å²) < 4.78 is 14.2. The van der Waals surface area contributed by atoms with Crippen LogP contribution in [0, 0.1) is 31.6 Å². The number of amides is 2. The van der Waals surface area contributed by atoms with Crippen LogP contribution in [0.2, 0.25) is 5.04 Å². The Labute approximate surface area is 327 Å². The standard InChI is InChI=1S/C47H54N2O5Si/c1-7-24-49-45(51)38-28-35(29-54-55(47(4,5)6,36-16-10-8-11-17-36)37-18-12-9-13-19-37)42-39(43(38)46(49)52)30-53-41(42)22-21-34(40-20-14-15-23-48-40)27-33-25-31(2)44(50)32(3)26-33/h8-20,23,25-27,38-39,41,43,50H,7,21-22,24,28-30H2,1-6H3/b34-27-/t38-,39+,41-,43-/m1/s1. The number of aromatic nitrogens is 1. The molecule has 8 heteroatoms. The molecule has 2 saturated heterocycles. The van der Waals surface area contributed by atoms with E-state index in [0.29, 0.717) is 44.8 Å². The number of pyridine rings is 1. The summed E-state index contributed by atoms with van der Waals surface area (Å²) >= 11 is 0. The zero-order valence-corrected chi connectivity index (χ0v) is 34.0. The predicted molar refractivity (Wildman–Crippen MR) is 221 cm³/mol. The number of aromatic hydroxyl groups is 1. The Morgan fingerprint density at radius 1 is 0.927 bits per heavy atom. The van der Waals surface area contributed by atoms with E-state index in [9.17, 15) is 14.7 Å². The van der Waals surface area contributed by atoms with E-state index in [4.69, 9.17) is 14.1 Å². The number of fused-ring (bicyclic) bond motifs is 3. The van der Waals surface area contributed by atoms with E-state index in [1.54, 1.807) is 0 Å². The van der Waals surface area contributed by atoms with Crippen molar-refractivity contribution in [1.29, 1.82) is 0 Å². The van der Waals surface area contributed by atoms with Crippen molar-refractivity contribution in [2.45, 2.75) is 78.4 Å². The number of rotatable bonds is 12. The van der Waals surface area contributed by atoms with Gasteiger partial charge >= 0.3 is 0 Å². The average molecular weight is 755 g/mol. The number of hydrogen-bond acceptors (Lipinski definition) is 6. The maximum absolute atomic E-state index is 14.0. The fraction of sp³-hybridized carbons (Fsp3) is 0.383. The third-order valence-electron chi connectivity index (χ3n) is 12.0. The number of allylic oxidation sites excluding steroid dienone is 1. The van der Waals surface area contributed by atoms with Gasteiger partial charge in [-0.05, 0) is 119 Å². The summed E-state index contributed by atoms with van der Waals surface area (Å²) in [7, 11) is -2.90. The van der Waals surface area contributed by atoms with E-state index < -0.39 is 20.2 Å². The molecule has 3 aliphatic rings. The minimum absolute atomic E-state index is 0.0531. The van der Waals surface area contributed by atoms with Crippen LogP contribution >= 0.6 is 0 Å². The first kappa shape index (κ1) is 38.6. The van der Waals surface area contributed by atoms with Crippen LogP contribution in [0.1, 0.15) is 75.8 Å². The van der Waals surface area contributed by atoms with Crippen molar-refractivity contribution in [2.24, 2.45) is 17.8 Å². The van der Waals surface area contributed by atoms with Crippen molar-refractivity contribution >= 4 is 42.2 Å². The van der Waals surface area contributed by atoms with E-state index in [2.05, 4.69) is 87.5 Å². The van der Waals surface area contributed by atoms with Crippen LogP contribution in [0.4, 0.5) is 0 Å². The van der Waals surface area contributed by atoms with Gasteiger partial charge < -0.3 is 14.3 Å². The smallest absolute Gasteiger partial charge is 0.261 e. The molecule has 2 aliphatic heterocycles. The van der Waals surface area contributed by atoms with Crippen LogP contribution in [0.5, 0.6) is 5.75 Å². The summed E-state index contributed by atoms with van der Waals surface area (Å²) in [5.74, 6) is -0.786. The van der Waals surface area contributed by atoms with Crippen molar-refractivity contribution in [3.05, 3.63) is 131 Å². The van der Waals surface area contributed by atoms with Crippen molar-refractivity contribution in [2.75, 3.05) is 19.8 Å². The second kappa shape index (κ2) is 15.8. The molecule has 3 aromatic carbocycles. The zero-order valence-electron chi connectivity index (χ0n) is 33.0. The van der Waals surface area contributed by atoms with Crippen molar-refractivity contribution in [1.82, 2.24) is 9.88 Å². The van der Waals surface area contributed by atoms with Crippen LogP contribution < -0.4 is 10.4 Å². The van der Waals surface area contributed by atoms with Crippen LogP contribution in [0.15, 0.2) is 108 Å². The molecule has 1 aromatic heterocycles. The normalized spacial score (nSPS) is 21.6. The number of nitrogens with zero attached hydrogens (tertiary/aromatic N) is 2. The second-order valence-electron chi connectivity index (χ2n) is 16.5. The minimum atomic E-state index is -2.90. The van der Waals surface area contributed by atoms with E-state index in [0.717, 1.165) is 45.5 Å². The highest BCUT2D eigenvalue weighted by molar-refractivity contribution is 6.99. The monoisotopic (exact) mass is 754 g/mol. The van der Waals surface area contributed by atoms with Gasteiger partial charge in [-0.25, -0.2) is 0 Å². The topological polar surface area (TPSA) is 89.0 Å². The molecule has 4 aromatic rings. The Bertz CT molecular complexity index is 2030. The second-order valence-corrected chi connectivity index (χ2v) is 20.8. The average Bonchev–Trinajstić information content (AvgIpc) is 3.71. The lowest BCUT2D eigenvalue weighted by Gasteiger charge is -2.44. The van der Waals surface area contributed by atoms with Crippen molar-refractivity contribution in [3.8, 4) is 5.75 Å². The van der Waals surface area contributed by atoms with Gasteiger partial charge in [0.05, 0.1) is 36.8 Å². The Hall–Kier alpha value is -4.63. The summed E-state index contributed by atoms with van der Waals surface area (Å²) in [6.45, 7) is 13.9. The first-order valence-electron chi connectivity index (χ1n) is 19.8. The Morgan fingerprint density at radius 3 is 2.15 bits per heavy atom. The molecule has 286 valence electrons. The van der Waals surface area contributed by atoms with Gasteiger partial charge in [-0.15, -0.1) is 0 Å². The van der Waals surface area contributed by atoms with E-state index in [1.165, 1.54) is 15.3 Å². The largest absolute Gasteiger partial charge is 0.507 e. The number of ether oxygens (including phenoxy) is 1. The number of carbonyl (C=O) groups is 2. The van der Waals surface area contributed by atoms with Crippen LogP contribution in [-0.4, -0.2) is 61.0 Å². The van der Waals surface area contributed by atoms with E-state index in [1.807, 2.05) is 57.3 Å². The van der Waals surface area contributed by atoms with Gasteiger partial charge in [-0.1, -0.05) is 94.4 Å². The number of aryl methyl sites for hydroxylation is 2. The SMILES string of the molecule is CCCN1C(=O)[C@@H]2[C@@H](CC(CO[Si](c3ccccc3)(c3ccccc3)C(C)(C)C)=C3[C@@H](CC/C(=C/c4cc(C)c(O)c(C)c4)c4ccccn4)OC[C@@H]32)C1=O. The number of hydrogen-bond donors (Lipinski definition) is 1. The summed E-state index contributed by atoms with van der Waals surface area (Å²) in [5.41, 5.74) is 6.87. The minimum Gasteiger partial charge on any atom is -0.507 e. The molecule has 2 fully saturated rings. The molecule has 0 bridgehead atoms. The molecule has 1 N–H and O–H groups in total. The van der Waals surface area contributed by atoms with Crippen LogP contribution in [0.3, 0.4) is 0 Å². The molecular weight excluding hydrogens is 701 g/mol. The van der Waals surface area contributed by atoms with Crippen LogP contribution in [0.25, 0.3) is 11.6 Å². The highest BCUT2D eigenvalue weighted by Crippen LogP contribution is 2.50. The number of phenolic OH excluding ortho intramolecular Hbond substituents is 1. The molecule has 2 amide bonds. The van der Waals surface area contributed by atoms with Crippen LogP contribution in [-0.2, 0) is 18.8 Å². The highest BCUT2D eigenvalue weighted by atomic mass is 28.4. The van der Waals surface area contributed by atoms with Gasteiger partial charge in [-0.2, -0.15) is 0 Å². The Balaban J connectivity index is 1.29. The highest BCUT2D eigenvalue weighted by Gasteiger charge is 2.57. The molecular formula is C47H54N2O5Si. The van der Waals surface area contributed by atoms with Crippen molar-refractivity contribution in [3.63, 3.8) is 0 Å². The lowest BCUT2D eigenvalue weighted by atomic mass is 9.69. The zero-order chi connectivity index (χ0) is 38.9. The third-order valence-corrected chi connectivity index (χ3v) is 16.9. The first-order valence-corrected chi connectivity index (χ1v) is 21.7. The van der Waals surface area contributed by atoms with Crippen molar-refractivity contribution < 1.29 is 23.9 Å². The Kier molecular flexibility index (Phi) is 11.1. The molecule has 7 rings (SSSR count). The number of phenols is 1. The van der Waals surface area contributed by atoms with Gasteiger partial charge in [0.1, 0.15) is 5.75 Å². The molecule has 0 saturated carbocycles. The van der Waals surface area contributed by atoms with E-state index >= 15 is 0 Å². The lowest BCUT2D eigenvalue weighted by Crippen LogP contribution is -2.66. The molecule has 0 spiro atoms. The number of carbonyl (C=O) groups excluding carboxylic acids is 2. The first-order chi connectivity index (χ1) is 26.4. The maximum atomic E-state index is 14.0. The lowest BCUT2D eigenvalue weighted by molar-refractivity contribution is -0.140. The van der Waals surface area contributed by atoms with Gasteiger partial charge in [0.15, 0.2) is 0 Å². The molecule has 0 unspecified atom stereocenters. The molecule has 3 heterocycles. The fourth-order valence-electron chi connectivity index (χ4n) is 9.46.